The molecule has 22 heavy (non-hydrogen) atoms. The van der Waals surface area contributed by atoms with Gasteiger partial charge in [-0.15, -0.1) is 0 Å². The molecule has 0 bridgehead atoms. The Kier molecular flexibility index (Phi) is 4.39. The standard InChI is InChI=1S/C16H21N5O/c1-11-10-19-16(21-15(11)17)20-12-2-4-13(5-3-12)22-14-6-8-18-9-7-14/h2-5,10,14,18H,6-9H2,1H3,(H3,17,19,20,21). The van der Waals surface area contributed by atoms with Crippen molar-refractivity contribution < 1.29 is 4.74 Å². The van der Waals surface area contributed by atoms with Gasteiger partial charge in [-0.1, -0.05) is 0 Å². The molecule has 0 aliphatic carbocycles. The summed E-state index contributed by atoms with van der Waals surface area (Å²) in [6.45, 7) is 3.93. The monoisotopic (exact) mass is 299 g/mol. The van der Waals surface area contributed by atoms with E-state index in [1.807, 2.05) is 31.2 Å². The van der Waals surface area contributed by atoms with Crippen LogP contribution in [0.4, 0.5) is 17.5 Å². The van der Waals surface area contributed by atoms with Gasteiger partial charge in [0, 0.05) is 17.4 Å². The number of nitrogen functional groups attached to an aromatic ring is 1. The van der Waals surface area contributed by atoms with Crippen molar-refractivity contribution in [3.63, 3.8) is 0 Å². The average molecular weight is 299 g/mol. The fourth-order valence-electron chi connectivity index (χ4n) is 2.37. The van der Waals surface area contributed by atoms with Crippen molar-refractivity contribution in [1.82, 2.24) is 15.3 Å². The molecule has 1 aromatic carbocycles. The molecule has 0 atom stereocenters. The number of ether oxygens (including phenoxy) is 1. The van der Waals surface area contributed by atoms with E-state index in [9.17, 15) is 0 Å². The number of anilines is 3. The number of rotatable bonds is 4. The van der Waals surface area contributed by atoms with E-state index >= 15 is 0 Å². The van der Waals surface area contributed by atoms with Gasteiger partial charge in [-0.25, -0.2) is 4.98 Å². The fraction of sp³-hybridized carbons (Fsp3) is 0.375. The first-order valence-electron chi connectivity index (χ1n) is 7.54. The second-order valence-corrected chi connectivity index (χ2v) is 5.48. The van der Waals surface area contributed by atoms with Crippen LogP contribution in [0.3, 0.4) is 0 Å². The van der Waals surface area contributed by atoms with Gasteiger partial charge in [0.1, 0.15) is 17.7 Å². The summed E-state index contributed by atoms with van der Waals surface area (Å²) >= 11 is 0. The Morgan fingerprint density at radius 3 is 2.64 bits per heavy atom. The van der Waals surface area contributed by atoms with Crippen LogP contribution in [0, 0.1) is 6.92 Å². The molecule has 1 fully saturated rings. The average Bonchev–Trinajstić information content (AvgIpc) is 2.54. The van der Waals surface area contributed by atoms with Gasteiger partial charge in [-0.2, -0.15) is 4.98 Å². The summed E-state index contributed by atoms with van der Waals surface area (Å²) in [7, 11) is 0. The molecule has 6 nitrogen and oxygen atoms in total. The SMILES string of the molecule is Cc1cnc(Nc2ccc(OC3CCNCC3)cc2)nc1N. The quantitative estimate of drug-likeness (QED) is 0.803. The van der Waals surface area contributed by atoms with Crippen LogP contribution in [0.1, 0.15) is 18.4 Å². The molecular formula is C16H21N5O. The van der Waals surface area contributed by atoms with Gasteiger partial charge >= 0.3 is 0 Å². The molecule has 116 valence electrons. The molecule has 0 unspecified atom stereocenters. The number of aromatic nitrogens is 2. The van der Waals surface area contributed by atoms with E-state index in [2.05, 4.69) is 20.6 Å². The Balaban J connectivity index is 1.62. The number of benzene rings is 1. The topological polar surface area (TPSA) is 85.1 Å². The number of nitrogens with zero attached hydrogens (tertiary/aromatic N) is 2. The van der Waals surface area contributed by atoms with Crippen LogP contribution in [-0.4, -0.2) is 29.2 Å². The summed E-state index contributed by atoms with van der Waals surface area (Å²) in [6.07, 6.45) is 4.12. The van der Waals surface area contributed by atoms with Gasteiger partial charge in [0.2, 0.25) is 5.95 Å². The molecule has 1 aromatic heterocycles. The minimum absolute atomic E-state index is 0.306. The molecule has 0 saturated carbocycles. The van der Waals surface area contributed by atoms with E-state index in [0.29, 0.717) is 17.9 Å². The molecule has 1 aliphatic heterocycles. The minimum atomic E-state index is 0.306. The first-order valence-corrected chi connectivity index (χ1v) is 7.54. The molecule has 0 amide bonds. The number of piperidine rings is 1. The number of nitrogens with one attached hydrogen (secondary N) is 2. The summed E-state index contributed by atoms with van der Waals surface area (Å²) in [4.78, 5) is 8.41. The molecule has 3 rings (SSSR count). The fourth-order valence-corrected chi connectivity index (χ4v) is 2.37. The number of hydrogen-bond acceptors (Lipinski definition) is 6. The van der Waals surface area contributed by atoms with Crippen LogP contribution in [-0.2, 0) is 0 Å². The van der Waals surface area contributed by atoms with Crippen molar-refractivity contribution in [2.24, 2.45) is 0 Å². The van der Waals surface area contributed by atoms with Crippen molar-refractivity contribution >= 4 is 17.5 Å². The second-order valence-electron chi connectivity index (χ2n) is 5.48. The van der Waals surface area contributed by atoms with Crippen molar-refractivity contribution in [3.8, 4) is 5.75 Å². The number of aryl methyl sites for hydroxylation is 1. The molecule has 1 saturated heterocycles. The lowest BCUT2D eigenvalue weighted by atomic mass is 10.1. The molecule has 0 spiro atoms. The van der Waals surface area contributed by atoms with Crippen molar-refractivity contribution in [1.29, 1.82) is 0 Å². The van der Waals surface area contributed by atoms with Crippen LogP contribution in [0.25, 0.3) is 0 Å². The van der Waals surface area contributed by atoms with Crippen LogP contribution in [0.2, 0.25) is 0 Å². The van der Waals surface area contributed by atoms with Crippen LogP contribution >= 0.6 is 0 Å². The van der Waals surface area contributed by atoms with Crippen molar-refractivity contribution in [3.05, 3.63) is 36.0 Å². The van der Waals surface area contributed by atoms with Crippen molar-refractivity contribution in [2.75, 3.05) is 24.1 Å². The Morgan fingerprint density at radius 1 is 1.23 bits per heavy atom. The summed E-state index contributed by atoms with van der Waals surface area (Å²) in [5, 5.41) is 6.47. The highest BCUT2D eigenvalue weighted by Crippen LogP contribution is 2.21. The van der Waals surface area contributed by atoms with Gasteiger partial charge in [0.05, 0.1) is 0 Å². The van der Waals surface area contributed by atoms with Gasteiger partial charge in [-0.05, 0) is 57.1 Å². The highest BCUT2D eigenvalue weighted by atomic mass is 16.5. The van der Waals surface area contributed by atoms with E-state index in [1.54, 1.807) is 6.20 Å². The third-order valence-electron chi connectivity index (χ3n) is 3.71. The molecule has 0 radical (unpaired) electrons. The highest BCUT2D eigenvalue weighted by Gasteiger charge is 2.14. The molecular weight excluding hydrogens is 278 g/mol. The summed E-state index contributed by atoms with van der Waals surface area (Å²) in [6, 6.07) is 7.83. The van der Waals surface area contributed by atoms with Gasteiger partial charge < -0.3 is 21.1 Å². The zero-order valence-electron chi connectivity index (χ0n) is 12.7. The van der Waals surface area contributed by atoms with Crippen LogP contribution < -0.4 is 21.1 Å². The zero-order valence-corrected chi connectivity index (χ0v) is 12.7. The summed E-state index contributed by atoms with van der Waals surface area (Å²) in [5.74, 6) is 1.88. The maximum absolute atomic E-state index is 5.98. The van der Waals surface area contributed by atoms with Crippen molar-refractivity contribution in [2.45, 2.75) is 25.9 Å². The number of hydrogen-bond donors (Lipinski definition) is 3. The van der Waals surface area contributed by atoms with E-state index in [0.717, 1.165) is 42.9 Å². The molecule has 6 heteroatoms. The maximum atomic E-state index is 5.98. The molecule has 4 N–H and O–H groups in total. The summed E-state index contributed by atoms with van der Waals surface area (Å²) < 4.78 is 5.98. The van der Waals surface area contributed by atoms with Crippen LogP contribution in [0.15, 0.2) is 30.5 Å². The lowest BCUT2D eigenvalue weighted by molar-refractivity contribution is 0.162. The number of nitrogens with two attached hydrogens (primary N) is 1. The van der Waals surface area contributed by atoms with E-state index in [1.165, 1.54) is 0 Å². The first-order chi connectivity index (χ1) is 10.7. The largest absolute Gasteiger partial charge is 0.490 e. The van der Waals surface area contributed by atoms with Gasteiger partial charge in [0.15, 0.2) is 0 Å². The van der Waals surface area contributed by atoms with Gasteiger partial charge in [0.25, 0.3) is 0 Å². The van der Waals surface area contributed by atoms with E-state index < -0.39 is 0 Å². The third-order valence-corrected chi connectivity index (χ3v) is 3.71. The Bertz CT molecular complexity index is 623. The Morgan fingerprint density at radius 2 is 1.95 bits per heavy atom. The lowest BCUT2D eigenvalue weighted by Gasteiger charge is -2.23. The van der Waals surface area contributed by atoms with Crippen LogP contribution in [0.5, 0.6) is 5.75 Å². The smallest absolute Gasteiger partial charge is 0.229 e. The zero-order chi connectivity index (χ0) is 15.4. The predicted octanol–water partition coefficient (Wildman–Crippen LogP) is 2.24. The Labute approximate surface area is 130 Å². The normalized spacial score (nSPS) is 15.5. The molecule has 1 aliphatic rings. The second kappa shape index (κ2) is 6.62. The predicted molar refractivity (Wildman–Crippen MR) is 87.4 cm³/mol. The van der Waals surface area contributed by atoms with E-state index in [-0.39, 0.29) is 0 Å². The third kappa shape index (κ3) is 3.65. The van der Waals surface area contributed by atoms with E-state index in [4.69, 9.17) is 10.5 Å². The molecule has 2 aromatic rings. The minimum Gasteiger partial charge on any atom is -0.490 e. The first kappa shape index (κ1) is 14.6. The highest BCUT2D eigenvalue weighted by molar-refractivity contribution is 5.56. The molecule has 2 heterocycles. The lowest BCUT2D eigenvalue weighted by Crippen LogP contribution is -2.34. The Hall–Kier alpha value is -2.34. The summed E-state index contributed by atoms with van der Waals surface area (Å²) in [5.41, 5.74) is 7.56. The maximum Gasteiger partial charge on any atom is 0.229 e. The van der Waals surface area contributed by atoms with Gasteiger partial charge in [-0.3, -0.25) is 0 Å².